The average molecular weight is 350 g/mol. The highest BCUT2D eigenvalue weighted by Gasteiger charge is 2.33. The van der Waals surface area contributed by atoms with Gasteiger partial charge >= 0.3 is 0 Å². The van der Waals surface area contributed by atoms with Gasteiger partial charge in [0.1, 0.15) is 5.82 Å². The summed E-state index contributed by atoms with van der Waals surface area (Å²) in [6.07, 6.45) is 6.29. The summed E-state index contributed by atoms with van der Waals surface area (Å²) in [5.41, 5.74) is 0. The summed E-state index contributed by atoms with van der Waals surface area (Å²) in [5.74, 6) is 0.712. The number of halogens is 1. The molecule has 0 unspecified atom stereocenters. The van der Waals surface area contributed by atoms with Gasteiger partial charge in [0.05, 0.1) is 6.20 Å². The number of imidazole rings is 1. The summed E-state index contributed by atoms with van der Waals surface area (Å²) >= 11 is 3.35. The van der Waals surface area contributed by atoms with Crippen molar-refractivity contribution < 1.29 is 8.42 Å². The van der Waals surface area contributed by atoms with Gasteiger partial charge in [-0.05, 0) is 12.8 Å². The molecule has 0 amide bonds. The molecule has 5 nitrogen and oxygen atoms in total. The van der Waals surface area contributed by atoms with Crippen molar-refractivity contribution in [3.63, 3.8) is 0 Å². The zero-order chi connectivity index (χ0) is 13.9. The number of hydrogen-bond donors (Lipinski definition) is 1. The topological polar surface area (TPSA) is 66.1 Å². The molecular formula is C12H20BrN3O2S. The lowest BCUT2D eigenvalue weighted by molar-refractivity contribution is 0.337. The second kappa shape index (κ2) is 6.37. The SMILES string of the molecule is CCc1ncc(S(=O)(=O)N(CCBr)C2CCCC2)[nH]1. The molecule has 1 saturated carbocycles. The highest BCUT2D eigenvalue weighted by Crippen LogP contribution is 2.28. The monoisotopic (exact) mass is 349 g/mol. The first-order valence-electron chi connectivity index (χ1n) is 6.71. The number of aromatic amines is 1. The van der Waals surface area contributed by atoms with E-state index >= 15 is 0 Å². The van der Waals surface area contributed by atoms with Gasteiger partial charge in [0.15, 0.2) is 5.03 Å². The van der Waals surface area contributed by atoms with Gasteiger partial charge in [-0.15, -0.1) is 0 Å². The summed E-state index contributed by atoms with van der Waals surface area (Å²) in [5, 5.41) is 0.870. The number of nitrogens with zero attached hydrogens (tertiary/aromatic N) is 2. The molecule has 1 aromatic rings. The van der Waals surface area contributed by atoms with Crippen molar-refractivity contribution >= 4 is 26.0 Å². The number of sulfonamides is 1. The molecule has 1 aliphatic carbocycles. The molecule has 0 saturated heterocycles. The van der Waals surface area contributed by atoms with Crippen LogP contribution in [0.3, 0.4) is 0 Å². The Kier molecular flexibility index (Phi) is 5.03. The van der Waals surface area contributed by atoms with Gasteiger partial charge in [-0.25, -0.2) is 13.4 Å². The van der Waals surface area contributed by atoms with Gasteiger partial charge in [-0.1, -0.05) is 35.7 Å². The van der Waals surface area contributed by atoms with Crippen LogP contribution in [0.1, 0.15) is 38.4 Å². The molecule has 108 valence electrons. The van der Waals surface area contributed by atoms with Crippen LogP contribution in [0, 0.1) is 0 Å². The second-order valence-corrected chi connectivity index (χ2v) is 7.44. The first-order chi connectivity index (χ1) is 9.09. The van der Waals surface area contributed by atoms with E-state index in [0.717, 1.165) is 25.7 Å². The molecule has 1 aliphatic rings. The quantitative estimate of drug-likeness (QED) is 0.801. The fourth-order valence-corrected chi connectivity index (χ4v) is 4.79. The van der Waals surface area contributed by atoms with Crippen molar-refractivity contribution in [3.8, 4) is 0 Å². The second-order valence-electron chi connectivity index (χ2n) is 4.79. The van der Waals surface area contributed by atoms with Crippen molar-refractivity contribution in [2.24, 2.45) is 0 Å². The predicted octanol–water partition coefficient (Wildman–Crippen LogP) is 2.30. The average Bonchev–Trinajstić information content (AvgIpc) is 3.06. The number of nitrogens with one attached hydrogen (secondary N) is 1. The Labute approximate surface area is 123 Å². The van der Waals surface area contributed by atoms with Crippen molar-refractivity contribution in [1.29, 1.82) is 0 Å². The summed E-state index contributed by atoms with van der Waals surface area (Å²) in [6.45, 7) is 2.45. The molecule has 7 heteroatoms. The number of rotatable bonds is 6. The van der Waals surface area contributed by atoms with Crippen LogP contribution in [0.2, 0.25) is 0 Å². The molecule has 1 heterocycles. The summed E-state index contributed by atoms with van der Waals surface area (Å²) in [6, 6.07) is 0.135. The Morgan fingerprint density at radius 2 is 2.16 bits per heavy atom. The molecule has 1 aromatic heterocycles. The van der Waals surface area contributed by atoms with E-state index in [1.807, 2.05) is 6.92 Å². The van der Waals surface area contributed by atoms with Crippen LogP contribution in [0.15, 0.2) is 11.2 Å². The summed E-state index contributed by atoms with van der Waals surface area (Å²) in [7, 11) is -3.45. The van der Waals surface area contributed by atoms with E-state index in [1.165, 1.54) is 6.20 Å². The van der Waals surface area contributed by atoms with Crippen LogP contribution in [0.25, 0.3) is 0 Å². The normalized spacial score (nSPS) is 17.4. The standard InChI is InChI=1S/C12H20BrN3O2S/c1-2-11-14-9-12(15-11)19(17,18)16(8-7-13)10-5-3-4-6-10/h9-10H,2-8H2,1H3,(H,14,15). The maximum absolute atomic E-state index is 12.7. The zero-order valence-electron chi connectivity index (χ0n) is 11.1. The number of H-pyrrole nitrogens is 1. The Morgan fingerprint density at radius 3 is 2.68 bits per heavy atom. The lowest BCUT2D eigenvalue weighted by atomic mass is 10.2. The lowest BCUT2D eigenvalue weighted by Gasteiger charge is -2.26. The van der Waals surface area contributed by atoms with Crippen molar-refractivity contribution in [2.45, 2.75) is 50.1 Å². The van der Waals surface area contributed by atoms with Gasteiger partial charge in [-0.2, -0.15) is 4.31 Å². The van der Waals surface area contributed by atoms with Crippen LogP contribution >= 0.6 is 15.9 Å². The highest BCUT2D eigenvalue weighted by molar-refractivity contribution is 9.09. The fourth-order valence-electron chi connectivity index (χ4n) is 2.55. The minimum Gasteiger partial charge on any atom is -0.332 e. The highest BCUT2D eigenvalue weighted by atomic mass is 79.9. The number of aryl methyl sites for hydroxylation is 1. The van der Waals surface area contributed by atoms with Crippen molar-refractivity contribution in [3.05, 3.63) is 12.0 Å². The Bertz CT molecular complexity index is 509. The molecule has 0 aromatic carbocycles. The van der Waals surface area contributed by atoms with Gasteiger partial charge in [0.25, 0.3) is 10.0 Å². The molecule has 19 heavy (non-hydrogen) atoms. The smallest absolute Gasteiger partial charge is 0.260 e. The lowest BCUT2D eigenvalue weighted by Crippen LogP contribution is -2.40. The zero-order valence-corrected chi connectivity index (χ0v) is 13.5. The third kappa shape index (κ3) is 3.20. The largest absolute Gasteiger partial charge is 0.332 e. The van der Waals surface area contributed by atoms with E-state index in [-0.39, 0.29) is 11.1 Å². The van der Waals surface area contributed by atoms with Gasteiger partial charge in [0.2, 0.25) is 0 Å². The number of alkyl halides is 1. The molecule has 0 atom stereocenters. The number of hydrogen-bond acceptors (Lipinski definition) is 3. The molecule has 0 radical (unpaired) electrons. The molecule has 0 spiro atoms. The molecule has 1 N–H and O–H groups in total. The predicted molar refractivity (Wildman–Crippen MR) is 77.9 cm³/mol. The van der Waals surface area contributed by atoms with E-state index < -0.39 is 10.0 Å². The molecule has 2 rings (SSSR count). The first kappa shape index (κ1) is 15.0. The minimum atomic E-state index is -3.45. The summed E-state index contributed by atoms with van der Waals surface area (Å²) in [4.78, 5) is 7.01. The van der Waals surface area contributed by atoms with E-state index in [4.69, 9.17) is 0 Å². The van der Waals surface area contributed by atoms with Gasteiger partial charge < -0.3 is 4.98 Å². The van der Waals surface area contributed by atoms with Gasteiger partial charge in [-0.3, -0.25) is 0 Å². The van der Waals surface area contributed by atoms with E-state index in [1.54, 1.807) is 4.31 Å². The third-order valence-corrected chi connectivity index (χ3v) is 5.78. The van der Waals surface area contributed by atoms with Crippen LogP contribution < -0.4 is 0 Å². The maximum Gasteiger partial charge on any atom is 0.260 e. The van der Waals surface area contributed by atoms with Crippen molar-refractivity contribution in [1.82, 2.24) is 14.3 Å². The number of aromatic nitrogens is 2. The van der Waals surface area contributed by atoms with Crippen molar-refractivity contribution in [2.75, 3.05) is 11.9 Å². The van der Waals surface area contributed by atoms with Gasteiger partial charge in [0, 0.05) is 24.3 Å². The minimum absolute atomic E-state index is 0.135. The summed E-state index contributed by atoms with van der Waals surface area (Å²) < 4.78 is 27.0. The molecule has 1 fully saturated rings. The van der Waals surface area contributed by atoms with E-state index in [2.05, 4.69) is 25.9 Å². The van der Waals surface area contributed by atoms with Crippen LogP contribution in [0.5, 0.6) is 0 Å². The Morgan fingerprint density at radius 1 is 1.47 bits per heavy atom. The van der Waals surface area contributed by atoms with Crippen LogP contribution in [-0.2, 0) is 16.4 Å². The molecular weight excluding hydrogens is 330 g/mol. The Hall–Kier alpha value is -0.400. The molecule has 0 aliphatic heterocycles. The first-order valence-corrected chi connectivity index (χ1v) is 9.27. The van der Waals surface area contributed by atoms with E-state index in [0.29, 0.717) is 24.1 Å². The van der Waals surface area contributed by atoms with Crippen LogP contribution in [-0.4, -0.2) is 40.6 Å². The van der Waals surface area contributed by atoms with Crippen LogP contribution in [0.4, 0.5) is 0 Å². The maximum atomic E-state index is 12.7. The fraction of sp³-hybridized carbons (Fsp3) is 0.750. The Balaban J connectivity index is 2.27. The molecule has 0 bridgehead atoms. The van der Waals surface area contributed by atoms with E-state index in [9.17, 15) is 8.42 Å². The third-order valence-electron chi connectivity index (χ3n) is 3.56.